The van der Waals surface area contributed by atoms with Crippen molar-refractivity contribution in [2.24, 2.45) is 0 Å². The third-order valence-electron chi connectivity index (χ3n) is 2.08. The SMILES string of the molecule is CC(C)(CCBr)c1ccccn1. The Morgan fingerprint density at radius 2 is 2.17 bits per heavy atom. The Morgan fingerprint density at radius 1 is 1.42 bits per heavy atom. The molecular weight excluding hydrogens is 214 g/mol. The second kappa shape index (κ2) is 4.04. The number of alkyl halides is 1. The van der Waals surface area contributed by atoms with Crippen molar-refractivity contribution in [3.05, 3.63) is 30.1 Å². The molecule has 66 valence electrons. The van der Waals surface area contributed by atoms with Crippen LogP contribution in [-0.2, 0) is 5.41 Å². The average molecular weight is 228 g/mol. The van der Waals surface area contributed by atoms with E-state index in [1.165, 1.54) is 5.69 Å². The molecule has 0 saturated heterocycles. The molecule has 0 aromatic carbocycles. The number of pyridine rings is 1. The minimum absolute atomic E-state index is 0.185. The van der Waals surface area contributed by atoms with Crippen molar-refractivity contribution >= 4 is 15.9 Å². The quantitative estimate of drug-likeness (QED) is 0.724. The second-order valence-corrected chi connectivity index (χ2v) is 4.33. The fourth-order valence-electron chi connectivity index (χ4n) is 1.13. The van der Waals surface area contributed by atoms with Gasteiger partial charge < -0.3 is 0 Å². The van der Waals surface area contributed by atoms with Crippen LogP contribution in [0.25, 0.3) is 0 Å². The Hall–Kier alpha value is -0.370. The van der Waals surface area contributed by atoms with Crippen molar-refractivity contribution < 1.29 is 0 Å². The average Bonchev–Trinajstić information content (AvgIpc) is 2.06. The maximum absolute atomic E-state index is 4.35. The summed E-state index contributed by atoms with van der Waals surface area (Å²) in [5.74, 6) is 0. The summed E-state index contributed by atoms with van der Waals surface area (Å²) in [6, 6.07) is 6.08. The van der Waals surface area contributed by atoms with Gasteiger partial charge in [0.15, 0.2) is 0 Å². The van der Waals surface area contributed by atoms with E-state index in [1.54, 1.807) is 0 Å². The number of hydrogen-bond donors (Lipinski definition) is 0. The summed E-state index contributed by atoms with van der Waals surface area (Å²) in [5.41, 5.74) is 1.36. The predicted molar refractivity (Wildman–Crippen MR) is 55.7 cm³/mol. The maximum Gasteiger partial charge on any atom is 0.0460 e. The summed E-state index contributed by atoms with van der Waals surface area (Å²) in [6.45, 7) is 4.44. The van der Waals surface area contributed by atoms with Gasteiger partial charge in [-0.2, -0.15) is 0 Å². The highest BCUT2D eigenvalue weighted by molar-refractivity contribution is 9.09. The Morgan fingerprint density at radius 3 is 2.67 bits per heavy atom. The van der Waals surface area contributed by atoms with Crippen LogP contribution in [0.1, 0.15) is 26.0 Å². The Bertz CT molecular complexity index is 231. The highest BCUT2D eigenvalue weighted by Crippen LogP contribution is 2.25. The molecule has 0 atom stereocenters. The molecule has 2 heteroatoms. The molecule has 0 N–H and O–H groups in total. The van der Waals surface area contributed by atoms with Crippen molar-refractivity contribution in [2.75, 3.05) is 5.33 Å². The maximum atomic E-state index is 4.35. The van der Waals surface area contributed by atoms with Gasteiger partial charge >= 0.3 is 0 Å². The number of rotatable bonds is 3. The Kier molecular flexibility index (Phi) is 3.27. The third-order valence-corrected chi connectivity index (χ3v) is 2.47. The Labute approximate surface area is 82.3 Å². The smallest absolute Gasteiger partial charge is 0.0460 e. The van der Waals surface area contributed by atoms with Crippen molar-refractivity contribution in [1.29, 1.82) is 0 Å². The van der Waals surface area contributed by atoms with Gasteiger partial charge in [-0.05, 0) is 18.6 Å². The highest BCUT2D eigenvalue weighted by Gasteiger charge is 2.20. The van der Waals surface area contributed by atoms with Crippen LogP contribution in [0.4, 0.5) is 0 Å². The van der Waals surface area contributed by atoms with Gasteiger partial charge in [-0.15, -0.1) is 0 Å². The first-order chi connectivity index (χ1) is 5.67. The number of nitrogens with zero attached hydrogens (tertiary/aromatic N) is 1. The van der Waals surface area contributed by atoms with E-state index in [2.05, 4.69) is 40.8 Å². The predicted octanol–water partition coefficient (Wildman–Crippen LogP) is 3.14. The van der Waals surface area contributed by atoms with E-state index in [4.69, 9.17) is 0 Å². The molecule has 1 nitrogen and oxygen atoms in total. The molecule has 0 aliphatic heterocycles. The van der Waals surface area contributed by atoms with Crippen LogP contribution in [0.2, 0.25) is 0 Å². The molecule has 1 aromatic rings. The van der Waals surface area contributed by atoms with Gasteiger partial charge in [0.1, 0.15) is 0 Å². The van der Waals surface area contributed by atoms with Crippen LogP contribution in [-0.4, -0.2) is 10.3 Å². The topological polar surface area (TPSA) is 12.9 Å². The van der Waals surface area contributed by atoms with E-state index in [0.29, 0.717) is 0 Å². The highest BCUT2D eigenvalue weighted by atomic mass is 79.9. The van der Waals surface area contributed by atoms with Crippen LogP contribution >= 0.6 is 15.9 Å². The van der Waals surface area contributed by atoms with Crippen LogP contribution in [0.3, 0.4) is 0 Å². The van der Waals surface area contributed by atoms with E-state index >= 15 is 0 Å². The van der Waals surface area contributed by atoms with Crippen molar-refractivity contribution in [3.63, 3.8) is 0 Å². The summed E-state index contributed by atoms with van der Waals surface area (Å²) in [5, 5.41) is 1.02. The van der Waals surface area contributed by atoms with E-state index in [1.807, 2.05) is 18.3 Å². The first-order valence-corrected chi connectivity index (χ1v) is 5.26. The molecule has 0 amide bonds. The normalized spacial score (nSPS) is 11.6. The van der Waals surface area contributed by atoms with Crippen LogP contribution in [0.15, 0.2) is 24.4 Å². The summed E-state index contributed by atoms with van der Waals surface area (Å²) in [4.78, 5) is 4.35. The fraction of sp³-hybridized carbons (Fsp3) is 0.500. The lowest BCUT2D eigenvalue weighted by molar-refractivity contribution is 0.496. The van der Waals surface area contributed by atoms with Gasteiger partial charge in [-0.1, -0.05) is 35.8 Å². The van der Waals surface area contributed by atoms with E-state index in [9.17, 15) is 0 Å². The van der Waals surface area contributed by atoms with Crippen LogP contribution in [0.5, 0.6) is 0 Å². The minimum Gasteiger partial charge on any atom is -0.261 e. The summed E-state index contributed by atoms with van der Waals surface area (Å²) < 4.78 is 0. The molecule has 0 spiro atoms. The molecular formula is C10H14BrN. The van der Waals surface area contributed by atoms with Gasteiger partial charge in [-0.3, -0.25) is 4.98 Å². The number of hydrogen-bond acceptors (Lipinski definition) is 1. The van der Waals surface area contributed by atoms with E-state index in [0.717, 1.165) is 11.8 Å². The van der Waals surface area contributed by atoms with Gasteiger partial charge in [0.05, 0.1) is 0 Å². The lowest BCUT2D eigenvalue weighted by Crippen LogP contribution is -2.18. The van der Waals surface area contributed by atoms with Gasteiger partial charge in [-0.25, -0.2) is 0 Å². The minimum atomic E-state index is 0.185. The second-order valence-electron chi connectivity index (χ2n) is 3.54. The molecule has 0 fully saturated rings. The zero-order chi connectivity index (χ0) is 9.03. The molecule has 0 aliphatic rings. The van der Waals surface area contributed by atoms with Crippen molar-refractivity contribution in [2.45, 2.75) is 25.7 Å². The molecule has 0 radical (unpaired) electrons. The molecule has 1 heterocycles. The lowest BCUT2D eigenvalue weighted by atomic mass is 9.86. The lowest BCUT2D eigenvalue weighted by Gasteiger charge is -2.22. The number of aromatic nitrogens is 1. The van der Waals surface area contributed by atoms with Gasteiger partial charge in [0.2, 0.25) is 0 Å². The van der Waals surface area contributed by atoms with Crippen molar-refractivity contribution in [1.82, 2.24) is 4.98 Å². The Balaban J connectivity index is 2.82. The van der Waals surface area contributed by atoms with E-state index in [-0.39, 0.29) is 5.41 Å². The molecule has 1 aromatic heterocycles. The van der Waals surface area contributed by atoms with E-state index < -0.39 is 0 Å². The summed E-state index contributed by atoms with van der Waals surface area (Å²) >= 11 is 3.45. The summed E-state index contributed by atoms with van der Waals surface area (Å²) in [6.07, 6.45) is 2.97. The largest absolute Gasteiger partial charge is 0.261 e. The molecule has 0 aliphatic carbocycles. The van der Waals surface area contributed by atoms with Crippen LogP contribution < -0.4 is 0 Å². The molecule has 0 saturated carbocycles. The molecule has 1 rings (SSSR count). The van der Waals surface area contributed by atoms with Crippen LogP contribution in [0, 0.1) is 0 Å². The molecule has 0 unspecified atom stereocenters. The molecule has 0 bridgehead atoms. The summed E-state index contributed by atoms with van der Waals surface area (Å²) in [7, 11) is 0. The third kappa shape index (κ3) is 2.31. The van der Waals surface area contributed by atoms with Gasteiger partial charge in [0, 0.05) is 22.6 Å². The zero-order valence-electron chi connectivity index (χ0n) is 7.55. The number of halogens is 1. The fourth-order valence-corrected chi connectivity index (χ4v) is 2.12. The first-order valence-electron chi connectivity index (χ1n) is 4.14. The molecule has 12 heavy (non-hydrogen) atoms. The monoisotopic (exact) mass is 227 g/mol. The standard InChI is InChI=1S/C10H14BrN/c1-10(2,6-7-11)9-5-3-4-8-12-9/h3-5,8H,6-7H2,1-2H3. The zero-order valence-corrected chi connectivity index (χ0v) is 9.13. The van der Waals surface area contributed by atoms with Crippen molar-refractivity contribution in [3.8, 4) is 0 Å². The first kappa shape index (κ1) is 9.72. The van der Waals surface area contributed by atoms with Gasteiger partial charge in [0.25, 0.3) is 0 Å².